The van der Waals surface area contributed by atoms with Crippen LogP contribution >= 0.6 is 23.2 Å². The Morgan fingerprint density at radius 2 is 1.96 bits per heavy atom. The molecule has 1 atom stereocenters. The molecule has 2 aromatic rings. The Labute approximate surface area is 178 Å². The van der Waals surface area contributed by atoms with Crippen molar-refractivity contribution in [3.05, 3.63) is 68.7 Å². The molecule has 0 aliphatic carbocycles. The van der Waals surface area contributed by atoms with Crippen LogP contribution in [-0.2, 0) is 11.3 Å². The summed E-state index contributed by atoms with van der Waals surface area (Å²) >= 11 is 11.3. The van der Waals surface area contributed by atoms with Crippen molar-refractivity contribution in [2.24, 2.45) is 0 Å². The summed E-state index contributed by atoms with van der Waals surface area (Å²) in [5, 5.41) is 18.2. The predicted molar refractivity (Wildman–Crippen MR) is 113 cm³/mol. The molecule has 0 amide bonds. The van der Waals surface area contributed by atoms with Crippen LogP contribution in [0.15, 0.2) is 36.4 Å². The average molecular weight is 417 g/mol. The molecule has 1 radical (unpaired) electrons. The summed E-state index contributed by atoms with van der Waals surface area (Å²) in [6, 6.07) is 9.90. The van der Waals surface area contributed by atoms with Gasteiger partial charge in [0.1, 0.15) is 7.81 Å². The molecule has 2 aromatic carbocycles. The summed E-state index contributed by atoms with van der Waals surface area (Å²) in [4.78, 5) is 10.5. The van der Waals surface area contributed by atoms with Gasteiger partial charge in [-0.3, -0.25) is 0 Å². The maximum atomic E-state index is 10.5. The van der Waals surface area contributed by atoms with Gasteiger partial charge < -0.3 is 14.9 Å². The summed E-state index contributed by atoms with van der Waals surface area (Å²) in [6.45, 7) is 2.12. The maximum absolute atomic E-state index is 10.5. The fourth-order valence-corrected chi connectivity index (χ4v) is 2.49. The molecule has 0 spiro atoms. The molecule has 1 unspecified atom stereocenters. The van der Waals surface area contributed by atoms with E-state index in [0.29, 0.717) is 0 Å². The monoisotopic (exact) mass is 416 g/mol. The van der Waals surface area contributed by atoms with Gasteiger partial charge >= 0.3 is 5.97 Å². The topological polar surface area (TPSA) is 66.8 Å². The molecule has 1 aliphatic rings. The Hall–Kier alpha value is -1.53. The molecule has 147 valence electrons. The van der Waals surface area contributed by atoms with Gasteiger partial charge in [0.25, 0.3) is 0 Å². The molecule has 1 saturated heterocycles. The van der Waals surface area contributed by atoms with E-state index in [0.717, 1.165) is 30.6 Å². The van der Waals surface area contributed by atoms with Gasteiger partial charge in [-0.2, -0.15) is 0 Å². The number of hydrogen-bond acceptors (Lipinski definition) is 3. The van der Waals surface area contributed by atoms with Crippen LogP contribution in [0, 0.1) is 13.8 Å². The average Bonchev–Trinajstić information content (AvgIpc) is 3.27. The standard InChI is InChI=1S/C8H7ClO2.C8H9ClO.C4H8BO.H2/c1-5-2-3-7(9)6(4-5)8(10)11;1-6-2-3-8(9)7(4-6)5-10;5-4-2-1-3-6-4;/h2-4H,1H3,(H,10,11);2-4,10H,5H2,1H3;4-5H,1-3H2;1H/i;5D2;5D;1+1D. The summed E-state index contributed by atoms with van der Waals surface area (Å²) < 4.78 is 35.9. The number of ether oxygens (including phenoxy) is 1. The van der Waals surface area contributed by atoms with Crippen molar-refractivity contribution in [2.75, 3.05) is 6.61 Å². The number of benzene rings is 2. The molecule has 1 fully saturated rings. The van der Waals surface area contributed by atoms with Crippen LogP contribution < -0.4 is 0 Å². The molecule has 4 nitrogen and oxygen atoms in total. The van der Waals surface area contributed by atoms with Gasteiger partial charge in [0.15, 0.2) is 0 Å². The Morgan fingerprint density at radius 3 is 2.37 bits per heavy atom. The van der Waals surface area contributed by atoms with Crippen molar-refractivity contribution in [2.45, 2.75) is 39.3 Å². The van der Waals surface area contributed by atoms with Crippen LogP contribution in [-0.4, -0.2) is 37.9 Å². The lowest BCUT2D eigenvalue weighted by molar-refractivity contribution is 0.0697. The van der Waals surface area contributed by atoms with Crippen LogP contribution in [0.3, 0.4) is 0 Å². The number of rotatable bonds is 3. The Balaban J connectivity index is 0.000000446. The number of aliphatic hydroxyl groups is 1. The number of halogens is 2. The van der Waals surface area contributed by atoms with Crippen LogP contribution in [0.1, 0.15) is 45.6 Å². The molecule has 7 heteroatoms. The summed E-state index contributed by atoms with van der Waals surface area (Å²) in [5.41, 5.74) is 2.04. The van der Waals surface area contributed by atoms with Crippen LogP contribution in [0.4, 0.5) is 0 Å². The van der Waals surface area contributed by atoms with E-state index in [2.05, 4.69) is 0 Å². The highest BCUT2D eigenvalue weighted by Gasteiger charge is 2.07. The summed E-state index contributed by atoms with van der Waals surface area (Å²) in [6.07, 6.45) is 2.17. The van der Waals surface area contributed by atoms with Crippen LogP contribution in [0.5, 0.6) is 0 Å². The summed E-state index contributed by atoms with van der Waals surface area (Å²) in [7, 11) is 1.37. The van der Waals surface area contributed by atoms with E-state index in [1.807, 2.05) is 13.8 Å². The van der Waals surface area contributed by atoms with Gasteiger partial charge in [0.2, 0.25) is 0 Å². The normalized spacial score (nSPS) is 17.5. The van der Waals surface area contributed by atoms with Crippen LogP contribution in [0.2, 0.25) is 10.0 Å². The molecular weight excluding hydrogens is 386 g/mol. The third-order valence-corrected chi connectivity index (χ3v) is 4.22. The number of aromatic carboxylic acids is 1. The smallest absolute Gasteiger partial charge is 0.337 e. The van der Waals surface area contributed by atoms with E-state index in [-0.39, 0.29) is 27.2 Å². The summed E-state index contributed by atoms with van der Waals surface area (Å²) in [5.74, 6) is -0.987. The first-order valence-corrected chi connectivity index (χ1v) is 9.03. The molecule has 3 rings (SSSR count). The fraction of sp³-hybridized carbons (Fsp3) is 0.350. The molecule has 27 heavy (non-hydrogen) atoms. The second kappa shape index (κ2) is 12.0. The van der Waals surface area contributed by atoms with Gasteiger partial charge in [-0.25, -0.2) is 4.79 Å². The SMILES string of the molecule is Cc1ccc(Cl)c(C(=O)O)c1.[2H]C([2H])(O)c1cc(C)ccc1Cl.[2H][2H].[2H][B]C1CCCO1. The molecule has 0 saturated carbocycles. The predicted octanol–water partition coefficient (Wildman–Crippen LogP) is 4.76. The molecule has 2 N–H and O–H groups in total. The first kappa shape index (κ1) is 17.6. The van der Waals surface area contributed by atoms with Crippen molar-refractivity contribution in [1.82, 2.24) is 0 Å². The van der Waals surface area contributed by atoms with Crippen LogP contribution in [0.25, 0.3) is 0 Å². The van der Waals surface area contributed by atoms with Gasteiger partial charge in [-0.05, 0) is 51.8 Å². The van der Waals surface area contributed by atoms with Crippen molar-refractivity contribution in [3.63, 3.8) is 0 Å². The fourth-order valence-electron chi connectivity index (χ4n) is 2.13. The lowest BCUT2D eigenvalue weighted by Crippen LogP contribution is -2.01. The maximum Gasteiger partial charge on any atom is 0.337 e. The first-order valence-electron chi connectivity index (χ1n) is 10.8. The first-order chi connectivity index (χ1) is 15.0. The molecular formula is C20H26BCl2O4. The van der Waals surface area contributed by atoms with Gasteiger partial charge in [0, 0.05) is 20.6 Å². The van der Waals surface area contributed by atoms with Crippen molar-refractivity contribution in [3.8, 4) is 0 Å². The van der Waals surface area contributed by atoms with E-state index < -0.39 is 12.5 Å². The Kier molecular flexibility index (Phi) is 7.83. The van der Waals surface area contributed by atoms with Crippen molar-refractivity contribution in [1.29, 1.82) is 1.34 Å². The molecule has 0 aromatic heterocycles. The lowest BCUT2D eigenvalue weighted by atomic mass is 9.98. The third-order valence-electron chi connectivity index (χ3n) is 3.56. The lowest BCUT2D eigenvalue weighted by Gasteiger charge is -1.99. The minimum Gasteiger partial charge on any atom is -0.478 e. The Bertz CT molecular complexity index is 847. The highest BCUT2D eigenvalue weighted by molar-refractivity contribution is 6.33. The van der Waals surface area contributed by atoms with E-state index in [9.17, 15) is 4.79 Å². The number of carbonyl (C=O) groups is 1. The number of aryl methyl sites for hydroxylation is 2. The quantitative estimate of drug-likeness (QED) is 0.708. The second-order valence-corrected chi connectivity index (χ2v) is 6.75. The highest BCUT2D eigenvalue weighted by atomic mass is 35.5. The van der Waals surface area contributed by atoms with E-state index in [1.54, 1.807) is 30.3 Å². The Morgan fingerprint density at radius 1 is 1.33 bits per heavy atom. The zero-order chi connectivity index (χ0) is 24.9. The third kappa shape index (κ3) is 8.80. The van der Waals surface area contributed by atoms with Gasteiger partial charge in [0.05, 0.1) is 19.9 Å². The second-order valence-electron chi connectivity index (χ2n) is 5.94. The zero-order valence-electron chi connectivity index (χ0n) is 20.2. The molecule has 1 heterocycles. The minimum absolute atomic E-state index is 0.115. The largest absolute Gasteiger partial charge is 0.478 e. The van der Waals surface area contributed by atoms with E-state index in [4.69, 9.17) is 45.2 Å². The van der Waals surface area contributed by atoms with E-state index in [1.165, 1.54) is 13.9 Å². The highest BCUT2D eigenvalue weighted by Crippen LogP contribution is 2.17. The molecule has 0 bridgehead atoms. The minimum atomic E-state index is -2.36. The molecule has 1 aliphatic heterocycles. The number of carboxylic acid groups (broad SMARTS) is 1. The van der Waals surface area contributed by atoms with Crippen molar-refractivity contribution >= 4 is 37.0 Å². The van der Waals surface area contributed by atoms with E-state index >= 15 is 0 Å². The number of carboxylic acids is 1. The van der Waals surface area contributed by atoms with Gasteiger partial charge in [-0.1, -0.05) is 52.5 Å². The zero-order valence-corrected chi connectivity index (χ0v) is 16.7. The number of hydrogen-bond donors (Lipinski definition) is 2. The van der Waals surface area contributed by atoms with Crippen molar-refractivity contribution < 1.29 is 25.5 Å². The van der Waals surface area contributed by atoms with Gasteiger partial charge in [-0.15, -0.1) is 0 Å².